The van der Waals surface area contributed by atoms with Crippen molar-refractivity contribution in [3.8, 4) is 22.3 Å². The number of likely N-dealkylation sites (tertiary alicyclic amines) is 1. The van der Waals surface area contributed by atoms with Crippen LogP contribution in [0, 0.1) is 0 Å². The number of hydrogen-bond donors (Lipinski definition) is 2. The molecule has 58 heavy (non-hydrogen) atoms. The van der Waals surface area contributed by atoms with Crippen molar-refractivity contribution in [3.63, 3.8) is 0 Å². The summed E-state index contributed by atoms with van der Waals surface area (Å²) in [4.78, 5) is 26.4. The Morgan fingerprint density at radius 1 is 0.810 bits per heavy atom. The van der Waals surface area contributed by atoms with E-state index in [0.29, 0.717) is 29.0 Å². The van der Waals surface area contributed by atoms with Crippen LogP contribution < -0.4 is 5.32 Å². The minimum atomic E-state index is -4.41. The van der Waals surface area contributed by atoms with Gasteiger partial charge in [0.15, 0.2) is 0 Å². The predicted octanol–water partition coefficient (Wildman–Crippen LogP) is 10.8. The van der Waals surface area contributed by atoms with Crippen LogP contribution in [0.15, 0.2) is 85.1 Å². The number of fused-ring (bicyclic) bond motifs is 1. The first-order chi connectivity index (χ1) is 27.7. The number of nitrogens with zero attached hydrogens (tertiary/aromatic N) is 4. The molecule has 0 saturated carbocycles. The summed E-state index contributed by atoms with van der Waals surface area (Å²) in [7, 11) is 0. The van der Waals surface area contributed by atoms with E-state index >= 15 is 0 Å². The average molecular weight is 798 g/mol. The number of alkyl carbamates (subject to hydrolysis) is 1. The number of alkyl halides is 3. The lowest BCUT2D eigenvalue weighted by atomic mass is 9.87. The van der Waals surface area contributed by atoms with Gasteiger partial charge in [0.25, 0.3) is 0 Å². The lowest BCUT2D eigenvalue weighted by Crippen LogP contribution is -2.33. The zero-order valence-electron chi connectivity index (χ0n) is 33.7. The van der Waals surface area contributed by atoms with Crippen LogP contribution in [0.4, 0.5) is 18.0 Å². The van der Waals surface area contributed by atoms with Crippen LogP contribution in [0.25, 0.3) is 33.0 Å². The fourth-order valence-electron chi connectivity index (χ4n) is 7.65. The van der Waals surface area contributed by atoms with Crippen LogP contribution >= 0.6 is 0 Å². The Bertz CT molecular complexity index is 2130. The first kappa shape index (κ1) is 42.4. The van der Waals surface area contributed by atoms with Crippen molar-refractivity contribution in [1.29, 1.82) is 0 Å². The Labute approximate surface area is 338 Å². The Hall–Kier alpha value is -5.23. The Balaban J connectivity index is 0.931. The summed E-state index contributed by atoms with van der Waals surface area (Å²) in [6.07, 6.45) is 6.59. The van der Waals surface area contributed by atoms with Crippen molar-refractivity contribution < 1.29 is 32.6 Å². The van der Waals surface area contributed by atoms with Gasteiger partial charge in [-0.05, 0) is 160 Å². The number of hydrogen-bond acceptors (Lipinski definition) is 6. The van der Waals surface area contributed by atoms with E-state index in [1.807, 2.05) is 43.7 Å². The van der Waals surface area contributed by atoms with E-state index in [-0.39, 0.29) is 11.7 Å². The van der Waals surface area contributed by atoms with Crippen molar-refractivity contribution in [1.82, 2.24) is 25.2 Å². The van der Waals surface area contributed by atoms with Gasteiger partial charge in [-0.2, -0.15) is 13.2 Å². The first-order valence-electron chi connectivity index (χ1n) is 20.4. The SMILES string of the molecule is CC(C)(C)OC(=O)NCCCCCCn1cc(CCCCN2CCC(c3ccc(-c4cc(C(=O)O)cc5cc(-c6ccc(C(F)(F)F)cc6)ccc45)cc3)CC2)nn1. The standard InChI is InChI=1S/C46H54F3N5O4/c1-45(2,3)58-44(57)50-23-7-4-5-8-25-54-31-40(51-52-54)10-6-9-24-53-26-21-34(22-27-53)32-11-13-35(14-12-32)42-30-38(43(55)56)29-37-28-36(17-20-41(37)42)33-15-18-39(19-16-33)46(47,48)49/h11-20,28-31,34H,4-10,21-27H2,1-3H3,(H,50,57)(H,55,56). The lowest BCUT2D eigenvalue weighted by Gasteiger charge is -2.32. The molecule has 0 atom stereocenters. The highest BCUT2D eigenvalue weighted by atomic mass is 19.4. The largest absolute Gasteiger partial charge is 0.478 e. The van der Waals surface area contributed by atoms with Gasteiger partial charge in [0.1, 0.15) is 5.60 Å². The molecule has 1 fully saturated rings. The number of carboxylic acid groups (broad SMARTS) is 1. The molecule has 6 rings (SSSR count). The fraction of sp³-hybridized carbons (Fsp3) is 0.435. The van der Waals surface area contributed by atoms with Gasteiger partial charge in [-0.15, -0.1) is 5.10 Å². The number of unbranched alkanes of at least 4 members (excludes halogenated alkanes) is 4. The van der Waals surface area contributed by atoms with Crippen molar-refractivity contribution in [3.05, 3.63) is 107 Å². The molecule has 1 aliphatic heterocycles. The molecule has 0 spiro atoms. The number of amides is 1. The van der Waals surface area contributed by atoms with E-state index in [1.165, 1.54) is 17.7 Å². The number of nitrogens with one attached hydrogen (secondary N) is 1. The first-order valence-corrected chi connectivity index (χ1v) is 20.4. The van der Waals surface area contributed by atoms with Crippen molar-refractivity contribution in [2.24, 2.45) is 0 Å². The quantitative estimate of drug-likeness (QED) is 0.0957. The number of piperidine rings is 1. The van der Waals surface area contributed by atoms with Gasteiger partial charge in [0.2, 0.25) is 0 Å². The number of aromatic nitrogens is 3. The number of carbonyl (C=O) groups excluding carboxylic acids is 1. The third-order valence-electron chi connectivity index (χ3n) is 10.8. The van der Waals surface area contributed by atoms with Crippen LogP contribution in [0.2, 0.25) is 0 Å². The van der Waals surface area contributed by atoms with Crippen molar-refractivity contribution in [2.45, 2.75) is 103 Å². The second kappa shape index (κ2) is 19.0. The van der Waals surface area contributed by atoms with Gasteiger partial charge in [0, 0.05) is 19.3 Å². The minimum absolute atomic E-state index is 0.154. The van der Waals surface area contributed by atoms with Gasteiger partial charge >= 0.3 is 18.2 Å². The molecule has 1 aromatic heterocycles. The van der Waals surface area contributed by atoms with Gasteiger partial charge in [-0.1, -0.05) is 66.6 Å². The predicted molar refractivity (Wildman–Crippen MR) is 221 cm³/mol. The van der Waals surface area contributed by atoms with E-state index < -0.39 is 23.3 Å². The van der Waals surface area contributed by atoms with Gasteiger partial charge in [0.05, 0.1) is 16.8 Å². The zero-order chi connectivity index (χ0) is 41.3. The third kappa shape index (κ3) is 11.9. The number of aryl methyl sites for hydroxylation is 2. The van der Waals surface area contributed by atoms with Crippen LogP contribution in [0.5, 0.6) is 0 Å². The second-order valence-corrected chi connectivity index (χ2v) is 16.4. The number of rotatable bonds is 16. The summed E-state index contributed by atoms with van der Waals surface area (Å²) in [6.45, 7) is 10.2. The van der Waals surface area contributed by atoms with E-state index in [1.54, 1.807) is 12.1 Å². The van der Waals surface area contributed by atoms with Crippen molar-refractivity contribution >= 4 is 22.8 Å². The molecule has 0 unspecified atom stereocenters. The monoisotopic (exact) mass is 797 g/mol. The summed E-state index contributed by atoms with van der Waals surface area (Å²) in [5.74, 6) is -0.580. The maximum atomic E-state index is 13.1. The number of carboxylic acids is 1. The number of aromatic carboxylic acids is 1. The average Bonchev–Trinajstić information content (AvgIpc) is 3.65. The zero-order valence-corrected chi connectivity index (χ0v) is 33.7. The molecule has 1 aliphatic rings. The molecular weight excluding hydrogens is 744 g/mol. The highest BCUT2D eigenvalue weighted by molar-refractivity contribution is 6.04. The van der Waals surface area contributed by atoms with Crippen LogP contribution in [0.3, 0.4) is 0 Å². The summed E-state index contributed by atoms with van der Waals surface area (Å²) in [5.41, 5.74) is 4.33. The van der Waals surface area contributed by atoms with Gasteiger partial charge in [-0.3, -0.25) is 4.68 Å². The topological polar surface area (TPSA) is 110 Å². The smallest absolute Gasteiger partial charge is 0.416 e. The number of halogens is 3. The Morgan fingerprint density at radius 2 is 1.48 bits per heavy atom. The molecule has 0 bridgehead atoms. The number of ether oxygens (including phenoxy) is 1. The van der Waals surface area contributed by atoms with E-state index in [0.717, 1.165) is 118 Å². The summed E-state index contributed by atoms with van der Waals surface area (Å²) >= 11 is 0. The molecule has 12 heteroatoms. The Morgan fingerprint density at radius 3 is 2.17 bits per heavy atom. The molecule has 1 saturated heterocycles. The molecule has 5 aromatic rings. The summed E-state index contributed by atoms with van der Waals surface area (Å²) in [5, 5.41) is 23.0. The number of benzene rings is 4. The van der Waals surface area contributed by atoms with Crippen molar-refractivity contribution in [2.75, 3.05) is 26.2 Å². The molecule has 9 nitrogen and oxygen atoms in total. The van der Waals surface area contributed by atoms with E-state index in [2.05, 4.69) is 51.0 Å². The van der Waals surface area contributed by atoms with Gasteiger partial charge in [-0.25, -0.2) is 9.59 Å². The molecule has 2 N–H and O–H groups in total. The summed E-state index contributed by atoms with van der Waals surface area (Å²) < 4.78 is 46.5. The molecule has 308 valence electrons. The molecular formula is C46H54F3N5O4. The summed E-state index contributed by atoms with van der Waals surface area (Å²) in [6, 6.07) is 22.4. The fourth-order valence-corrected chi connectivity index (χ4v) is 7.65. The maximum Gasteiger partial charge on any atom is 0.416 e. The molecule has 0 radical (unpaired) electrons. The minimum Gasteiger partial charge on any atom is -0.478 e. The third-order valence-corrected chi connectivity index (χ3v) is 10.8. The highest BCUT2D eigenvalue weighted by Crippen LogP contribution is 2.36. The highest BCUT2D eigenvalue weighted by Gasteiger charge is 2.30. The Kier molecular flexibility index (Phi) is 13.9. The normalized spacial score (nSPS) is 14.2. The molecule has 1 amide bonds. The second-order valence-electron chi connectivity index (χ2n) is 16.4. The van der Waals surface area contributed by atoms with Gasteiger partial charge < -0.3 is 20.1 Å². The van der Waals surface area contributed by atoms with Crippen LogP contribution in [0.1, 0.15) is 105 Å². The van der Waals surface area contributed by atoms with Crippen LogP contribution in [-0.4, -0.2) is 68.8 Å². The van der Waals surface area contributed by atoms with E-state index in [9.17, 15) is 27.9 Å². The molecule has 0 aliphatic carbocycles. The van der Waals surface area contributed by atoms with E-state index in [4.69, 9.17) is 4.74 Å². The molecule has 4 aromatic carbocycles. The maximum absolute atomic E-state index is 13.1. The van der Waals surface area contributed by atoms with Crippen LogP contribution in [-0.2, 0) is 23.9 Å². The lowest BCUT2D eigenvalue weighted by molar-refractivity contribution is -0.137. The molecule has 2 heterocycles. The number of carbonyl (C=O) groups is 2.